The number of rotatable bonds is 7. The molecule has 0 atom stereocenters. The molecule has 5 heteroatoms. The highest BCUT2D eigenvalue weighted by molar-refractivity contribution is 5.74. The molecule has 0 aliphatic carbocycles. The third kappa shape index (κ3) is 5.84. The third-order valence-electron chi connectivity index (χ3n) is 4.48. The maximum absolute atomic E-state index is 12.0. The monoisotopic (exact) mass is 319 g/mol. The van der Waals surface area contributed by atoms with Crippen LogP contribution in [0.3, 0.4) is 0 Å². The Morgan fingerprint density at radius 1 is 1.26 bits per heavy atom. The van der Waals surface area contributed by atoms with Crippen LogP contribution >= 0.6 is 0 Å². The first-order chi connectivity index (χ1) is 11.2. The molecule has 0 aromatic heterocycles. The average Bonchev–Trinajstić information content (AvgIpc) is 2.59. The van der Waals surface area contributed by atoms with Gasteiger partial charge in [-0.05, 0) is 36.9 Å². The second kappa shape index (κ2) is 9.53. The van der Waals surface area contributed by atoms with E-state index in [0.29, 0.717) is 6.54 Å². The maximum atomic E-state index is 12.0. The van der Waals surface area contributed by atoms with Gasteiger partial charge in [0.15, 0.2) is 0 Å². The Morgan fingerprint density at radius 2 is 1.96 bits per heavy atom. The highest BCUT2D eigenvalue weighted by atomic mass is 16.3. The second-order valence-corrected chi connectivity index (χ2v) is 6.22. The first kappa shape index (κ1) is 17.8. The van der Waals surface area contributed by atoms with Crippen LogP contribution in [-0.4, -0.2) is 41.7 Å². The molecule has 3 N–H and O–H groups in total. The summed E-state index contributed by atoms with van der Waals surface area (Å²) in [4.78, 5) is 14.5. The highest BCUT2D eigenvalue weighted by Gasteiger charge is 2.20. The molecule has 0 unspecified atom stereocenters. The number of benzene rings is 1. The van der Waals surface area contributed by atoms with E-state index in [1.54, 1.807) is 0 Å². The molecule has 1 aliphatic rings. The van der Waals surface area contributed by atoms with Crippen LogP contribution in [-0.2, 0) is 13.2 Å². The van der Waals surface area contributed by atoms with Crippen molar-refractivity contribution in [3.63, 3.8) is 0 Å². The van der Waals surface area contributed by atoms with Gasteiger partial charge in [0.05, 0.1) is 6.61 Å². The van der Waals surface area contributed by atoms with Crippen LogP contribution in [0.4, 0.5) is 4.79 Å². The molecule has 128 valence electrons. The van der Waals surface area contributed by atoms with Crippen LogP contribution in [0.25, 0.3) is 0 Å². The number of aliphatic hydroxyl groups is 1. The summed E-state index contributed by atoms with van der Waals surface area (Å²) in [6.45, 7) is 5.96. The van der Waals surface area contributed by atoms with Gasteiger partial charge in [0.25, 0.3) is 0 Å². The van der Waals surface area contributed by atoms with Gasteiger partial charge < -0.3 is 20.6 Å². The van der Waals surface area contributed by atoms with Crippen molar-refractivity contribution in [2.75, 3.05) is 19.6 Å². The van der Waals surface area contributed by atoms with E-state index in [4.69, 9.17) is 0 Å². The molecule has 1 aromatic rings. The first-order valence-corrected chi connectivity index (χ1v) is 8.67. The van der Waals surface area contributed by atoms with Crippen LogP contribution in [0.1, 0.15) is 43.7 Å². The van der Waals surface area contributed by atoms with Crippen molar-refractivity contribution < 1.29 is 9.90 Å². The van der Waals surface area contributed by atoms with Crippen LogP contribution in [0.5, 0.6) is 0 Å². The number of carbonyl (C=O) groups excluding carboxylic acids is 1. The zero-order valence-corrected chi connectivity index (χ0v) is 14.1. The molecule has 0 saturated carbocycles. The summed E-state index contributed by atoms with van der Waals surface area (Å²) in [6.07, 6.45) is 4.52. The van der Waals surface area contributed by atoms with E-state index < -0.39 is 0 Å². The fourth-order valence-electron chi connectivity index (χ4n) is 2.98. The van der Waals surface area contributed by atoms with Gasteiger partial charge >= 0.3 is 6.03 Å². The van der Waals surface area contributed by atoms with Crippen molar-refractivity contribution in [1.82, 2.24) is 15.5 Å². The smallest absolute Gasteiger partial charge is 0.315 e. The van der Waals surface area contributed by atoms with Crippen molar-refractivity contribution >= 4 is 6.03 Å². The Hall–Kier alpha value is -1.59. The highest BCUT2D eigenvalue weighted by Crippen LogP contribution is 2.11. The molecule has 0 radical (unpaired) electrons. The Balaban J connectivity index is 1.69. The SMILES string of the molecule is CCCCN1CCC(NC(=O)NCc2ccccc2CO)CC1. The topological polar surface area (TPSA) is 64.6 Å². The van der Waals surface area contributed by atoms with Gasteiger partial charge in [-0.1, -0.05) is 37.6 Å². The molecule has 1 aromatic carbocycles. The van der Waals surface area contributed by atoms with Crippen molar-refractivity contribution in [1.29, 1.82) is 0 Å². The zero-order valence-electron chi connectivity index (χ0n) is 14.1. The number of likely N-dealkylation sites (tertiary alicyclic amines) is 1. The number of piperidine rings is 1. The molecular weight excluding hydrogens is 290 g/mol. The van der Waals surface area contributed by atoms with Gasteiger partial charge in [0, 0.05) is 25.7 Å². The number of aliphatic hydroxyl groups excluding tert-OH is 1. The number of carbonyl (C=O) groups is 1. The molecule has 23 heavy (non-hydrogen) atoms. The molecule has 1 saturated heterocycles. The fourth-order valence-corrected chi connectivity index (χ4v) is 2.98. The molecular formula is C18H29N3O2. The maximum Gasteiger partial charge on any atom is 0.315 e. The van der Waals surface area contributed by atoms with Gasteiger partial charge in [-0.25, -0.2) is 4.79 Å². The van der Waals surface area contributed by atoms with Crippen LogP contribution < -0.4 is 10.6 Å². The summed E-state index contributed by atoms with van der Waals surface area (Å²) in [5.41, 5.74) is 1.82. The standard InChI is InChI=1S/C18H29N3O2/c1-2-3-10-21-11-8-17(9-12-21)20-18(23)19-13-15-6-4-5-7-16(15)14-22/h4-7,17,22H,2-3,8-14H2,1H3,(H2,19,20,23). The molecule has 2 amide bonds. The van der Waals surface area contributed by atoms with Crippen LogP contribution in [0, 0.1) is 0 Å². The number of hydrogen-bond donors (Lipinski definition) is 3. The van der Waals surface area contributed by atoms with Gasteiger partial charge in [-0.2, -0.15) is 0 Å². The lowest BCUT2D eigenvalue weighted by molar-refractivity contribution is 0.190. The number of nitrogens with one attached hydrogen (secondary N) is 2. The van der Waals surface area contributed by atoms with Crippen LogP contribution in [0.15, 0.2) is 24.3 Å². The minimum Gasteiger partial charge on any atom is -0.392 e. The summed E-state index contributed by atoms with van der Waals surface area (Å²) < 4.78 is 0. The van der Waals surface area contributed by atoms with Gasteiger partial charge in [0.2, 0.25) is 0 Å². The lowest BCUT2D eigenvalue weighted by atomic mass is 10.0. The van der Waals surface area contributed by atoms with E-state index >= 15 is 0 Å². The number of hydrogen-bond acceptors (Lipinski definition) is 3. The van der Waals surface area contributed by atoms with E-state index in [1.807, 2.05) is 24.3 Å². The number of urea groups is 1. The van der Waals surface area contributed by atoms with Crippen molar-refractivity contribution in [2.24, 2.45) is 0 Å². The number of amides is 2. The first-order valence-electron chi connectivity index (χ1n) is 8.67. The largest absolute Gasteiger partial charge is 0.392 e. The summed E-state index contributed by atoms with van der Waals surface area (Å²) in [5.74, 6) is 0. The average molecular weight is 319 g/mol. The lowest BCUT2D eigenvalue weighted by Gasteiger charge is -2.32. The fraction of sp³-hybridized carbons (Fsp3) is 0.611. The Bertz CT molecular complexity index is 485. The summed E-state index contributed by atoms with van der Waals surface area (Å²) in [6, 6.07) is 7.76. The van der Waals surface area contributed by atoms with E-state index in [9.17, 15) is 9.90 Å². The minimum atomic E-state index is -0.121. The summed E-state index contributed by atoms with van der Waals surface area (Å²) in [7, 11) is 0. The zero-order chi connectivity index (χ0) is 16.5. The van der Waals surface area contributed by atoms with Crippen molar-refractivity contribution in [3.8, 4) is 0 Å². The van der Waals surface area contributed by atoms with E-state index in [1.165, 1.54) is 19.4 Å². The third-order valence-corrected chi connectivity index (χ3v) is 4.48. The summed E-state index contributed by atoms with van der Waals surface area (Å²) in [5, 5.41) is 15.3. The van der Waals surface area contributed by atoms with Gasteiger partial charge in [0.1, 0.15) is 0 Å². The second-order valence-electron chi connectivity index (χ2n) is 6.22. The van der Waals surface area contributed by atoms with E-state index in [2.05, 4.69) is 22.5 Å². The Morgan fingerprint density at radius 3 is 2.61 bits per heavy atom. The molecule has 1 fully saturated rings. The lowest BCUT2D eigenvalue weighted by Crippen LogP contribution is -2.47. The van der Waals surface area contributed by atoms with Gasteiger partial charge in [-0.3, -0.25) is 0 Å². The molecule has 2 rings (SSSR count). The summed E-state index contributed by atoms with van der Waals surface area (Å²) >= 11 is 0. The van der Waals surface area contributed by atoms with Crippen molar-refractivity contribution in [3.05, 3.63) is 35.4 Å². The van der Waals surface area contributed by atoms with Crippen LogP contribution in [0.2, 0.25) is 0 Å². The molecule has 1 aliphatic heterocycles. The molecule has 1 heterocycles. The quantitative estimate of drug-likeness (QED) is 0.722. The predicted molar refractivity (Wildman–Crippen MR) is 92.1 cm³/mol. The Labute approximate surface area is 139 Å². The molecule has 0 bridgehead atoms. The molecule has 5 nitrogen and oxygen atoms in total. The normalized spacial score (nSPS) is 16.3. The van der Waals surface area contributed by atoms with Crippen molar-refractivity contribution in [2.45, 2.75) is 51.8 Å². The Kier molecular flexibility index (Phi) is 7.36. The number of nitrogens with zero attached hydrogens (tertiary/aromatic N) is 1. The van der Waals surface area contributed by atoms with E-state index in [-0.39, 0.29) is 18.7 Å². The predicted octanol–water partition coefficient (Wildman–Crippen LogP) is 2.24. The number of unbranched alkanes of at least 4 members (excludes halogenated alkanes) is 1. The van der Waals surface area contributed by atoms with Gasteiger partial charge in [-0.15, -0.1) is 0 Å². The molecule has 0 spiro atoms. The van der Waals surface area contributed by atoms with E-state index in [0.717, 1.165) is 37.1 Å². The minimum absolute atomic E-state index is 0.00427.